The minimum absolute atomic E-state index is 0.0412. The van der Waals surface area contributed by atoms with Gasteiger partial charge in [0, 0.05) is 11.9 Å². The number of H-pyrrole nitrogens is 1. The van der Waals surface area contributed by atoms with Gasteiger partial charge in [-0.05, 0) is 18.4 Å². The summed E-state index contributed by atoms with van der Waals surface area (Å²) < 4.78 is 1.82. The zero-order valence-electron chi connectivity index (χ0n) is 13.9. The number of para-hydroxylation sites is 1. The van der Waals surface area contributed by atoms with Crippen LogP contribution in [0.4, 0.5) is 11.4 Å². The van der Waals surface area contributed by atoms with E-state index in [9.17, 15) is 9.90 Å². The number of halogens is 1. The Morgan fingerprint density at radius 3 is 2.84 bits per heavy atom. The van der Waals surface area contributed by atoms with Gasteiger partial charge in [-0.15, -0.1) is 10.2 Å². The fourth-order valence-electron chi connectivity index (χ4n) is 2.53. The molecule has 0 bridgehead atoms. The highest BCUT2D eigenvalue weighted by molar-refractivity contribution is 6.32. The summed E-state index contributed by atoms with van der Waals surface area (Å²) in [5.74, 6) is 0.547. The van der Waals surface area contributed by atoms with Crippen LogP contribution in [0.15, 0.2) is 45.5 Å². The monoisotopic (exact) mass is 359 g/mol. The number of nitrogens with zero attached hydrogens (tertiary/aromatic N) is 4. The lowest BCUT2D eigenvalue weighted by molar-refractivity contribution is 0.407. The highest BCUT2D eigenvalue weighted by Crippen LogP contribution is 2.40. The minimum atomic E-state index is -0.540. The van der Waals surface area contributed by atoms with Crippen LogP contribution in [0.2, 0.25) is 5.02 Å². The van der Waals surface area contributed by atoms with Crippen molar-refractivity contribution in [2.75, 3.05) is 0 Å². The Morgan fingerprint density at radius 1 is 1.32 bits per heavy atom. The second-order valence-corrected chi connectivity index (χ2v) is 6.50. The van der Waals surface area contributed by atoms with E-state index in [2.05, 4.69) is 34.3 Å². The minimum Gasteiger partial charge on any atom is -0.493 e. The van der Waals surface area contributed by atoms with Gasteiger partial charge >= 0.3 is 0 Å². The Hall–Kier alpha value is -2.67. The predicted molar refractivity (Wildman–Crippen MR) is 97.1 cm³/mol. The quantitative estimate of drug-likeness (QED) is 0.654. The van der Waals surface area contributed by atoms with Crippen LogP contribution in [0.5, 0.6) is 5.88 Å². The predicted octanol–water partition coefficient (Wildman–Crippen LogP) is 4.55. The number of aromatic nitrogens is 3. The van der Waals surface area contributed by atoms with Crippen molar-refractivity contribution in [3.8, 4) is 5.88 Å². The number of azo groups is 1. The van der Waals surface area contributed by atoms with E-state index in [0.717, 1.165) is 17.3 Å². The number of rotatable bonds is 5. The second-order valence-electron chi connectivity index (χ2n) is 6.12. The Labute approximate surface area is 149 Å². The summed E-state index contributed by atoms with van der Waals surface area (Å²) >= 11 is 5.90. The second kappa shape index (κ2) is 7.06. The van der Waals surface area contributed by atoms with Crippen LogP contribution in [0, 0.1) is 5.92 Å². The number of aromatic amines is 1. The van der Waals surface area contributed by atoms with Gasteiger partial charge in [-0.3, -0.25) is 4.79 Å². The lowest BCUT2D eigenvalue weighted by Crippen LogP contribution is -2.06. The largest absolute Gasteiger partial charge is 0.493 e. The zero-order valence-corrected chi connectivity index (χ0v) is 14.7. The van der Waals surface area contributed by atoms with E-state index >= 15 is 0 Å². The van der Waals surface area contributed by atoms with Gasteiger partial charge in [-0.1, -0.05) is 43.6 Å². The molecule has 0 aliphatic heterocycles. The van der Waals surface area contributed by atoms with Crippen molar-refractivity contribution in [3.63, 3.8) is 0 Å². The van der Waals surface area contributed by atoms with Crippen LogP contribution in [0.1, 0.15) is 20.3 Å². The fourth-order valence-corrected chi connectivity index (χ4v) is 2.66. The number of fused-ring (bicyclic) bond motifs is 1. The molecular formula is C17H18ClN5O2. The Morgan fingerprint density at radius 2 is 2.08 bits per heavy atom. The van der Waals surface area contributed by atoms with Crippen molar-refractivity contribution in [2.45, 2.75) is 26.8 Å². The van der Waals surface area contributed by atoms with E-state index in [1.165, 1.54) is 6.20 Å². The first-order valence-electron chi connectivity index (χ1n) is 7.94. The molecule has 0 saturated heterocycles. The summed E-state index contributed by atoms with van der Waals surface area (Å²) in [6.07, 6.45) is 2.23. The van der Waals surface area contributed by atoms with Gasteiger partial charge in [0.25, 0.3) is 5.56 Å². The standard InChI is InChI=1S/C17H18ClN5O2/c1-10(2)7-8-23-13-6-4-3-5-11(13)15(17(23)25)21-20-12-9-19-22-16(24)14(12)18/h3-6,9-10,25H,7-8H2,1-2H3,(H,22,24). The third kappa shape index (κ3) is 3.41. The van der Waals surface area contributed by atoms with E-state index < -0.39 is 5.56 Å². The Balaban J connectivity index is 2.07. The topological polar surface area (TPSA) is 95.6 Å². The molecule has 3 rings (SSSR count). The lowest BCUT2D eigenvalue weighted by atomic mass is 10.1. The summed E-state index contributed by atoms with van der Waals surface area (Å²) in [5, 5.41) is 25.3. The van der Waals surface area contributed by atoms with Gasteiger partial charge in [0.15, 0.2) is 5.69 Å². The van der Waals surface area contributed by atoms with Crippen LogP contribution in [-0.2, 0) is 6.54 Å². The fraction of sp³-hybridized carbons (Fsp3) is 0.294. The highest BCUT2D eigenvalue weighted by Gasteiger charge is 2.16. The molecule has 2 aromatic heterocycles. The van der Waals surface area contributed by atoms with Gasteiger partial charge in [0.2, 0.25) is 5.88 Å². The van der Waals surface area contributed by atoms with Gasteiger partial charge in [-0.2, -0.15) is 5.10 Å². The molecule has 0 radical (unpaired) electrons. The van der Waals surface area contributed by atoms with Crippen LogP contribution in [0.25, 0.3) is 10.9 Å². The molecular weight excluding hydrogens is 342 g/mol. The van der Waals surface area contributed by atoms with Crippen molar-refractivity contribution >= 4 is 33.9 Å². The number of hydrogen-bond donors (Lipinski definition) is 2. The SMILES string of the molecule is CC(C)CCn1c(O)c(N=Nc2cn[nH]c(=O)c2Cl)c2ccccc21. The molecule has 130 valence electrons. The summed E-state index contributed by atoms with van der Waals surface area (Å²) in [5.41, 5.74) is 0.825. The Bertz CT molecular complexity index is 990. The molecule has 1 aromatic carbocycles. The van der Waals surface area contributed by atoms with Crippen molar-refractivity contribution in [3.05, 3.63) is 45.8 Å². The number of nitrogens with one attached hydrogen (secondary N) is 1. The van der Waals surface area contributed by atoms with Crippen molar-refractivity contribution in [1.29, 1.82) is 0 Å². The van der Waals surface area contributed by atoms with Crippen molar-refractivity contribution in [1.82, 2.24) is 14.8 Å². The molecule has 0 amide bonds. The van der Waals surface area contributed by atoms with Crippen LogP contribution >= 0.6 is 11.6 Å². The van der Waals surface area contributed by atoms with E-state index in [0.29, 0.717) is 18.2 Å². The molecule has 2 heterocycles. The van der Waals surface area contributed by atoms with Gasteiger partial charge in [-0.25, -0.2) is 5.10 Å². The first kappa shape index (κ1) is 17.2. The van der Waals surface area contributed by atoms with E-state index in [4.69, 9.17) is 11.6 Å². The zero-order chi connectivity index (χ0) is 18.0. The number of hydrogen-bond acceptors (Lipinski definition) is 5. The molecule has 0 fully saturated rings. The summed E-state index contributed by atoms with van der Waals surface area (Å²) in [6.45, 7) is 4.93. The van der Waals surface area contributed by atoms with Gasteiger partial charge in [0.05, 0.1) is 11.7 Å². The molecule has 0 atom stereocenters. The summed E-state index contributed by atoms with van der Waals surface area (Å²) in [6, 6.07) is 7.57. The van der Waals surface area contributed by atoms with Gasteiger partial charge < -0.3 is 9.67 Å². The van der Waals surface area contributed by atoms with Crippen LogP contribution in [0.3, 0.4) is 0 Å². The molecule has 8 heteroatoms. The molecule has 0 aliphatic carbocycles. The van der Waals surface area contributed by atoms with Gasteiger partial charge in [0.1, 0.15) is 10.7 Å². The molecule has 0 saturated carbocycles. The molecule has 3 aromatic rings. The van der Waals surface area contributed by atoms with Crippen molar-refractivity contribution < 1.29 is 5.11 Å². The first-order chi connectivity index (χ1) is 12.0. The molecule has 25 heavy (non-hydrogen) atoms. The highest BCUT2D eigenvalue weighted by atomic mass is 35.5. The van der Waals surface area contributed by atoms with E-state index in [-0.39, 0.29) is 16.6 Å². The molecule has 7 nitrogen and oxygen atoms in total. The van der Waals surface area contributed by atoms with E-state index in [1.54, 1.807) is 0 Å². The average molecular weight is 360 g/mol. The third-order valence-corrected chi connectivity index (χ3v) is 4.25. The number of aryl methyl sites for hydroxylation is 1. The number of aromatic hydroxyl groups is 1. The average Bonchev–Trinajstić information content (AvgIpc) is 2.86. The van der Waals surface area contributed by atoms with Crippen LogP contribution < -0.4 is 5.56 Å². The lowest BCUT2D eigenvalue weighted by Gasteiger charge is -2.08. The first-order valence-corrected chi connectivity index (χ1v) is 8.32. The third-order valence-electron chi connectivity index (χ3n) is 3.88. The van der Waals surface area contributed by atoms with Crippen molar-refractivity contribution in [2.24, 2.45) is 16.1 Å². The summed E-state index contributed by atoms with van der Waals surface area (Å²) in [7, 11) is 0. The Kier molecular flexibility index (Phi) is 4.85. The smallest absolute Gasteiger partial charge is 0.285 e. The summed E-state index contributed by atoms with van der Waals surface area (Å²) in [4.78, 5) is 11.5. The molecule has 0 aliphatic rings. The normalized spacial score (nSPS) is 11.8. The molecule has 2 N–H and O–H groups in total. The van der Waals surface area contributed by atoms with E-state index in [1.807, 2.05) is 28.8 Å². The number of benzene rings is 1. The maximum atomic E-state index is 11.5. The molecule has 0 unspecified atom stereocenters. The maximum Gasteiger partial charge on any atom is 0.285 e. The molecule has 0 spiro atoms. The van der Waals surface area contributed by atoms with Crippen LogP contribution in [-0.4, -0.2) is 19.9 Å². The maximum absolute atomic E-state index is 11.5.